The molecule has 0 aromatic heterocycles. The Morgan fingerprint density at radius 1 is 1.29 bits per heavy atom. The Hall–Kier alpha value is -1.99. The molecule has 21 heavy (non-hydrogen) atoms. The van der Waals surface area contributed by atoms with Gasteiger partial charge in [-0.25, -0.2) is 4.39 Å². The van der Waals surface area contributed by atoms with Crippen LogP contribution in [0.25, 0.3) is 0 Å². The first-order valence-electron chi connectivity index (χ1n) is 5.59. The molecule has 1 amide bonds. The van der Waals surface area contributed by atoms with Crippen LogP contribution in [0.2, 0.25) is 5.02 Å². The van der Waals surface area contributed by atoms with E-state index >= 15 is 0 Å². The van der Waals surface area contributed by atoms with Gasteiger partial charge in [0.25, 0.3) is 11.6 Å². The van der Waals surface area contributed by atoms with E-state index in [2.05, 4.69) is 21.2 Å². The number of nitro groups is 1. The van der Waals surface area contributed by atoms with Crippen molar-refractivity contribution in [1.82, 2.24) is 0 Å². The maximum atomic E-state index is 13.1. The average molecular weight is 374 g/mol. The SMILES string of the molecule is O=C(Nc1ccc(Cl)cc1[N+](=O)[O-])c1ccc(F)c(Br)c1. The first kappa shape index (κ1) is 15.4. The van der Waals surface area contributed by atoms with Gasteiger partial charge >= 0.3 is 0 Å². The number of rotatable bonds is 3. The quantitative estimate of drug-likeness (QED) is 0.640. The second-order valence-corrected chi connectivity index (χ2v) is 5.29. The third-order valence-electron chi connectivity index (χ3n) is 2.59. The van der Waals surface area contributed by atoms with Crippen LogP contribution in [0.1, 0.15) is 10.4 Å². The number of hydrogen-bond acceptors (Lipinski definition) is 3. The van der Waals surface area contributed by atoms with Crippen molar-refractivity contribution in [1.29, 1.82) is 0 Å². The lowest BCUT2D eigenvalue weighted by molar-refractivity contribution is -0.383. The molecule has 2 rings (SSSR count). The molecule has 0 unspecified atom stereocenters. The molecule has 108 valence electrons. The fourth-order valence-corrected chi connectivity index (χ4v) is 2.14. The van der Waals surface area contributed by atoms with Gasteiger partial charge in [-0.05, 0) is 46.3 Å². The van der Waals surface area contributed by atoms with E-state index in [1.165, 1.54) is 24.3 Å². The van der Waals surface area contributed by atoms with Gasteiger partial charge in [0, 0.05) is 16.7 Å². The van der Waals surface area contributed by atoms with E-state index in [1.807, 2.05) is 0 Å². The van der Waals surface area contributed by atoms with E-state index in [-0.39, 0.29) is 26.4 Å². The molecule has 0 aliphatic heterocycles. The lowest BCUT2D eigenvalue weighted by Crippen LogP contribution is -2.13. The van der Waals surface area contributed by atoms with Gasteiger partial charge in [-0.1, -0.05) is 11.6 Å². The number of hydrogen-bond donors (Lipinski definition) is 1. The molecule has 0 radical (unpaired) electrons. The van der Waals surface area contributed by atoms with Gasteiger partial charge in [-0.3, -0.25) is 14.9 Å². The average Bonchev–Trinajstić information content (AvgIpc) is 2.43. The fraction of sp³-hybridized carbons (Fsp3) is 0. The van der Waals surface area contributed by atoms with Crippen LogP contribution in [-0.4, -0.2) is 10.8 Å². The van der Waals surface area contributed by atoms with Crippen molar-refractivity contribution in [3.8, 4) is 0 Å². The van der Waals surface area contributed by atoms with Gasteiger partial charge in [-0.2, -0.15) is 0 Å². The summed E-state index contributed by atoms with van der Waals surface area (Å²) in [5.41, 5.74) is -0.153. The zero-order valence-corrected chi connectivity index (χ0v) is 12.6. The molecular formula is C13H7BrClFN2O3. The normalized spacial score (nSPS) is 10.2. The highest BCUT2D eigenvalue weighted by Crippen LogP contribution is 2.28. The second-order valence-electron chi connectivity index (χ2n) is 4.00. The monoisotopic (exact) mass is 372 g/mol. The molecule has 0 saturated carbocycles. The predicted molar refractivity (Wildman–Crippen MR) is 80.2 cm³/mol. The summed E-state index contributed by atoms with van der Waals surface area (Å²) < 4.78 is 13.2. The van der Waals surface area contributed by atoms with Crippen LogP contribution in [0, 0.1) is 15.9 Å². The molecular weight excluding hydrogens is 367 g/mol. The molecule has 0 heterocycles. The molecule has 1 N–H and O–H groups in total. The van der Waals surface area contributed by atoms with Crippen LogP contribution >= 0.6 is 27.5 Å². The van der Waals surface area contributed by atoms with Crippen LogP contribution in [-0.2, 0) is 0 Å². The first-order valence-corrected chi connectivity index (χ1v) is 6.76. The van der Waals surface area contributed by atoms with Gasteiger partial charge < -0.3 is 5.32 Å². The van der Waals surface area contributed by atoms with E-state index in [9.17, 15) is 19.3 Å². The standard InChI is InChI=1S/C13H7BrClFN2O3/c14-9-5-7(1-3-10(9)16)13(19)17-11-4-2-8(15)6-12(11)18(20)21/h1-6H,(H,17,19). The predicted octanol–water partition coefficient (Wildman–Crippen LogP) is 4.40. The number of anilines is 1. The summed E-state index contributed by atoms with van der Waals surface area (Å²) in [4.78, 5) is 22.3. The Morgan fingerprint density at radius 3 is 2.62 bits per heavy atom. The summed E-state index contributed by atoms with van der Waals surface area (Å²) in [7, 11) is 0. The molecule has 0 fully saturated rings. The van der Waals surface area contributed by atoms with Crippen molar-refractivity contribution in [3.05, 3.63) is 67.4 Å². The minimum atomic E-state index is -0.651. The zero-order valence-electron chi connectivity index (χ0n) is 10.3. The lowest BCUT2D eigenvalue weighted by atomic mass is 10.2. The molecule has 2 aromatic rings. The summed E-state index contributed by atoms with van der Waals surface area (Å²) in [5, 5.41) is 13.5. The van der Waals surface area contributed by atoms with Crippen LogP contribution in [0.4, 0.5) is 15.8 Å². The van der Waals surface area contributed by atoms with Crippen molar-refractivity contribution < 1.29 is 14.1 Å². The highest BCUT2D eigenvalue weighted by Gasteiger charge is 2.17. The number of amides is 1. The number of benzene rings is 2. The summed E-state index contributed by atoms with van der Waals surface area (Å²) in [6.45, 7) is 0. The molecule has 5 nitrogen and oxygen atoms in total. The molecule has 0 atom stereocenters. The second kappa shape index (κ2) is 6.19. The minimum Gasteiger partial charge on any atom is -0.316 e. The molecule has 8 heteroatoms. The van der Waals surface area contributed by atoms with Crippen LogP contribution < -0.4 is 5.32 Å². The summed E-state index contributed by atoms with van der Waals surface area (Å²) in [5.74, 6) is -1.11. The minimum absolute atomic E-state index is 0.00912. The van der Waals surface area contributed by atoms with Crippen molar-refractivity contribution in [2.75, 3.05) is 5.32 Å². The van der Waals surface area contributed by atoms with E-state index in [4.69, 9.17) is 11.6 Å². The van der Waals surface area contributed by atoms with Crippen molar-refractivity contribution in [2.45, 2.75) is 0 Å². The van der Waals surface area contributed by atoms with E-state index in [0.29, 0.717) is 0 Å². The van der Waals surface area contributed by atoms with Gasteiger partial charge in [0.05, 0.1) is 9.40 Å². The Morgan fingerprint density at radius 2 is 2.00 bits per heavy atom. The number of carbonyl (C=O) groups excluding carboxylic acids is 1. The van der Waals surface area contributed by atoms with Crippen LogP contribution in [0.3, 0.4) is 0 Å². The topological polar surface area (TPSA) is 72.2 Å². The van der Waals surface area contributed by atoms with E-state index in [1.54, 1.807) is 0 Å². The summed E-state index contributed by atoms with van der Waals surface area (Å²) in [6, 6.07) is 7.57. The first-order chi connectivity index (χ1) is 9.88. The van der Waals surface area contributed by atoms with E-state index in [0.717, 1.165) is 12.1 Å². The molecule has 0 aliphatic rings. The fourth-order valence-electron chi connectivity index (χ4n) is 1.59. The maximum absolute atomic E-state index is 13.1. The highest BCUT2D eigenvalue weighted by atomic mass is 79.9. The van der Waals surface area contributed by atoms with Gasteiger partial charge in [-0.15, -0.1) is 0 Å². The molecule has 0 saturated heterocycles. The van der Waals surface area contributed by atoms with Crippen molar-refractivity contribution >= 4 is 44.8 Å². The number of halogens is 3. The Balaban J connectivity index is 2.31. The number of carbonyl (C=O) groups is 1. The molecule has 2 aromatic carbocycles. The lowest BCUT2D eigenvalue weighted by Gasteiger charge is -2.07. The molecule has 0 bridgehead atoms. The number of nitrogens with zero attached hydrogens (tertiary/aromatic N) is 1. The number of nitrogens with one attached hydrogen (secondary N) is 1. The highest BCUT2D eigenvalue weighted by molar-refractivity contribution is 9.10. The van der Waals surface area contributed by atoms with Crippen LogP contribution in [0.15, 0.2) is 40.9 Å². The Labute approximate surface area is 132 Å². The smallest absolute Gasteiger partial charge is 0.294 e. The number of nitro benzene ring substituents is 1. The molecule has 0 aliphatic carbocycles. The van der Waals surface area contributed by atoms with Crippen molar-refractivity contribution in [2.24, 2.45) is 0 Å². The third kappa shape index (κ3) is 3.56. The third-order valence-corrected chi connectivity index (χ3v) is 3.43. The zero-order chi connectivity index (χ0) is 15.6. The van der Waals surface area contributed by atoms with Gasteiger partial charge in [0.2, 0.25) is 0 Å². The van der Waals surface area contributed by atoms with Crippen molar-refractivity contribution in [3.63, 3.8) is 0 Å². The Kier molecular flexibility index (Phi) is 4.54. The van der Waals surface area contributed by atoms with Crippen LogP contribution in [0.5, 0.6) is 0 Å². The van der Waals surface area contributed by atoms with E-state index < -0.39 is 16.6 Å². The Bertz CT molecular complexity index is 739. The van der Waals surface area contributed by atoms with Gasteiger partial charge in [0.15, 0.2) is 0 Å². The molecule has 0 spiro atoms. The largest absolute Gasteiger partial charge is 0.316 e. The summed E-state index contributed by atoms with van der Waals surface area (Å²) in [6.07, 6.45) is 0. The maximum Gasteiger partial charge on any atom is 0.294 e. The van der Waals surface area contributed by atoms with Gasteiger partial charge in [0.1, 0.15) is 11.5 Å². The summed E-state index contributed by atoms with van der Waals surface area (Å²) >= 11 is 8.65.